The van der Waals surface area contributed by atoms with Crippen molar-refractivity contribution in [3.8, 4) is 0 Å². The van der Waals surface area contributed by atoms with E-state index < -0.39 is 5.97 Å². The number of imidazole rings is 1. The Bertz CT molecular complexity index is 623. The van der Waals surface area contributed by atoms with Gasteiger partial charge in [-0.25, -0.2) is 14.8 Å². The van der Waals surface area contributed by atoms with E-state index in [1.165, 1.54) is 6.20 Å². The van der Waals surface area contributed by atoms with Crippen LogP contribution >= 0.6 is 0 Å². The summed E-state index contributed by atoms with van der Waals surface area (Å²) in [6.45, 7) is 2.83. The molecule has 0 radical (unpaired) electrons. The highest BCUT2D eigenvalue weighted by Crippen LogP contribution is 2.32. The molecule has 100 valence electrons. The number of hydrogen-bond acceptors (Lipinski definition) is 4. The molecule has 2 unspecified atom stereocenters. The van der Waals surface area contributed by atoms with Gasteiger partial charge in [-0.3, -0.25) is 0 Å². The van der Waals surface area contributed by atoms with Gasteiger partial charge in [0.2, 0.25) is 0 Å². The molecule has 0 spiro atoms. The summed E-state index contributed by atoms with van der Waals surface area (Å²) in [4.78, 5) is 22.6. The van der Waals surface area contributed by atoms with Gasteiger partial charge >= 0.3 is 5.97 Å². The molecule has 6 heteroatoms. The molecule has 0 aliphatic carbocycles. The van der Waals surface area contributed by atoms with E-state index in [-0.39, 0.29) is 17.6 Å². The largest absolute Gasteiger partial charge is 0.478 e. The molecule has 1 aliphatic heterocycles. The van der Waals surface area contributed by atoms with Crippen molar-refractivity contribution in [3.05, 3.63) is 23.7 Å². The van der Waals surface area contributed by atoms with E-state index in [1.54, 1.807) is 6.07 Å². The summed E-state index contributed by atoms with van der Waals surface area (Å²) in [5.41, 5.74) is 1.39. The van der Waals surface area contributed by atoms with Crippen LogP contribution in [0, 0.1) is 0 Å². The molecule has 0 aromatic carbocycles. The quantitative estimate of drug-likeness (QED) is 0.881. The third-order valence-electron chi connectivity index (χ3n) is 3.57. The lowest BCUT2D eigenvalue weighted by Gasteiger charge is -2.13. The minimum atomic E-state index is -0.985. The van der Waals surface area contributed by atoms with Crippen LogP contribution in [0.3, 0.4) is 0 Å². The molecule has 2 atom stereocenters. The van der Waals surface area contributed by atoms with Crippen molar-refractivity contribution >= 4 is 17.1 Å². The molecule has 2 aromatic rings. The van der Waals surface area contributed by atoms with E-state index in [4.69, 9.17) is 9.84 Å². The third kappa shape index (κ3) is 2.08. The second-order valence-electron chi connectivity index (χ2n) is 4.74. The third-order valence-corrected chi connectivity index (χ3v) is 3.57. The first-order valence-electron chi connectivity index (χ1n) is 6.39. The van der Waals surface area contributed by atoms with Gasteiger partial charge in [0.05, 0.1) is 17.2 Å². The monoisotopic (exact) mass is 261 g/mol. The second kappa shape index (κ2) is 4.62. The zero-order valence-electron chi connectivity index (χ0n) is 10.6. The number of carbonyl (C=O) groups is 1. The number of ether oxygens (including phenoxy) is 1. The van der Waals surface area contributed by atoms with Crippen LogP contribution in [-0.2, 0) is 4.74 Å². The summed E-state index contributed by atoms with van der Waals surface area (Å²) in [7, 11) is 0. The number of nitrogens with zero attached hydrogens (tertiary/aromatic N) is 2. The van der Waals surface area contributed by atoms with Crippen LogP contribution in [0.5, 0.6) is 0 Å². The lowest BCUT2D eigenvalue weighted by atomic mass is 9.99. The van der Waals surface area contributed by atoms with Gasteiger partial charge in [-0.1, -0.05) is 6.92 Å². The van der Waals surface area contributed by atoms with E-state index in [0.717, 1.165) is 25.3 Å². The van der Waals surface area contributed by atoms with Crippen molar-refractivity contribution < 1.29 is 14.6 Å². The van der Waals surface area contributed by atoms with Crippen molar-refractivity contribution in [3.63, 3.8) is 0 Å². The van der Waals surface area contributed by atoms with Gasteiger partial charge in [0.15, 0.2) is 5.65 Å². The fourth-order valence-electron chi connectivity index (χ4n) is 2.57. The number of aromatic carboxylic acids is 1. The average molecular weight is 261 g/mol. The topological polar surface area (TPSA) is 88.1 Å². The Hall–Kier alpha value is -1.95. The molecule has 6 nitrogen and oxygen atoms in total. The fourth-order valence-corrected chi connectivity index (χ4v) is 2.57. The molecule has 1 saturated heterocycles. The van der Waals surface area contributed by atoms with Gasteiger partial charge in [-0.05, 0) is 18.9 Å². The van der Waals surface area contributed by atoms with Gasteiger partial charge in [-0.15, -0.1) is 0 Å². The minimum absolute atomic E-state index is 0.164. The van der Waals surface area contributed by atoms with Crippen LogP contribution in [0.2, 0.25) is 0 Å². The Labute approximate surface area is 109 Å². The van der Waals surface area contributed by atoms with E-state index in [0.29, 0.717) is 11.2 Å². The van der Waals surface area contributed by atoms with E-state index >= 15 is 0 Å². The highest BCUT2D eigenvalue weighted by Gasteiger charge is 2.30. The Morgan fingerprint density at radius 3 is 3.21 bits per heavy atom. The number of aromatic amines is 1. The van der Waals surface area contributed by atoms with Crippen molar-refractivity contribution in [2.45, 2.75) is 31.8 Å². The second-order valence-corrected chi connectivity index (χ2v) is 4.74. The maximum absolute atomic E-state index is 10.9. The van der Waals surface area contributed by atoms with Crippen molar-refractivity contribution in [1.29, 1.82) is 0 Å². The molecule has 1 fully saturated rings. The van der Waals surface area contributed by atoms with Crippen LogP contribution in [0.4, 0.5) is 0 Å². The van der Waals surface area contributed by atoms with E-state index in [1.807, 2.05) is 0 Å². The molecule has 3 rings (SSSR count). The average Bonchev–Trinajstić information content (AvgIpc) is 3.03. The van der Waals surface area contributed by atoms with Crippen LogP contribution in [0.25, 0.3) is 11.2 Å². The predicted octanol–water partition coefficient (Wildman–Crippen LogP) is 1.94. The van der Waals surface area contributed by atoms with Crippen LogP contribution in [0.15, 0.2) is 12.3 Å². The lowest BCUT2D eigenvalue weighted by molar-refractivity contribution is 0.0696. The molecule has 1 aliphatic rings. The molecular weight excluding hydrogens is 246 g/mol. The molecular formula is C13H15N3O3. The number of fused-ring (bicyclic) bond motifs is 1. The van der Waals surface area contributed by atoms with Crippen LogP contribution in [-0.4, -0.2) is 38.7 Å². The standard InChI is InChI=1S/C13H15N3O3/c1-2-10-8(3-4-19-10)11-15-9-5-7(13(17)18)6-14-12(9)16-11/h5-6,8,10H,2-4H2,1H3,(H,17,18)(H,14,15,16). The number of rotatable bonds is 3. The fraction of sp³-hybridized carbons (Fsp3) is 0.462. The van der Waals surface area contributed by atoms with Gasteiger partial charge in [-0.2, -0.15) is 0 Å². The van der Waals surface area contributed by atoms with Crippen molar-refractivity contribution in [1.82, 2.24) is 15.0 Å². The zero-order valence-corrected chi connectivity index (χ0v) is 10.6. The first-order chi connectivity index (χ1) is 9.19. The summed E-state index contributed by atoms with van der Waals surface area (Å²) in [5.74, 6) is 0.100. The minimum Gasteiger partial charge on any atom is -0.478 e. The molecule has 0 amide bonds. The van der Waals surface area contributed by atoms with Gasteiger partial charge in [0.25, 0.3) is 0 Å². The number of nitrogens with one attached hydrogen (secondary N) is 1. The molecule has 2 aromatic heterocycles. The van der Waals surface area contributed by atoms with E-state index in [9.17, 15) is 4.79 Å². The summed E-state index contributed by atoms with van der Waals surface area (Å²) >= 11 is 0. The number of carboxylic acids is 1. The Kier molecular flexibility index (Phi) is 2.94. The van der Waals surface area contributed by atoms with E-state index in [2.05, 4.69) is 21.9 Å². The number of carboxylic acid groups (broad SMARTS) is 1. The zero-order chi connectivity index (χ0) is 13.4. The number of pyridine rings is 1. The normalized spacial score (nSPS) is 23.0. The van der Waals surface area contributed by atoms with Crippen LogP contribution < -0.4 is 0 Å². The Morgan fingerprint density at radius 1 is 1.63 bits per heavy atom. The van der Waals surface area contributed by atoms with Crippen LogP contribution in [0.1, 0.15) is 41.9 Å². The summed E-state index contributed by atoms with van der Waals surface area (Å²) < 4.78 is 5.65. The predicted molar refractivity (Wildman–Crippen MR) is 68.2 cm³/mol. The number of hydrogen-bond donors (Lipinski definition) is 2. The smallest absolute Gasteiger partial charge is 0.337 e. The molecule has 3 heterocycles. The first kappa shape index (κ1) is 12.1. The Balaban J connectivity index is 1.99. The molecule has 0 saturated carbocycles. The lowest BCUT2D eigenvalue weighted by Crippen LogP contribution is -2.14. The highest BCUT2D eigenvalue weighted by atomic mass is 16.5. The molecule has 19 heavy (non-hydrogen) atoms. The van der Waals surface area contributed by atoms with Gasteiger partial charge < -0.3 is 14.8 Å². The Morgan fingerprint density at radius 2 is 2.47 bits per heavy atom. The van der Waals surface area contributed by atoms with Crippen molar-refractivity contribution in [2.75, 3.05) is 6.61 Å². The van der Waals surface area contributed by atoms with Crippen molar-refractivity contribution in [2.24, 2.45) is 0 Å². The highest BCUT2D eigenvalue weighted by molar-refractivity contribution is 5.90. The first-order valence-corrected chi connectivity index (χ1v) is 6.39. The van der Waals surface area contributed by atoms with Gasteiger partial charge in [0, 0.05) is 18.7 Å². The summed E-state index contributed by atoms with van der Waals surface area (Å²) in [6, 6.07) is 1.57. The SMILES string of the molecule is CCC1OCCC1c1nc2ncc(C(=O)O)cc2[nH]1. The summed E-state index contributed by atoms with van der Waals surface area (Å²) in [5, 5.41) is 8.95. The maximum Gasteiger partial charge on any atom is 0.337 e. The van der Waals surface area contributed by atoms with Gasteiger partial charge in [0.1, 0.15) is 5.82 Å². The summed E-state index contributed by atoms with van der Waals surface area (Å²) in [6.07, 6.45) is 3.39. The maximum atomic E-state index is 10.9. The molecule has 2 N–H and O–H groups in total. The number of aromatic nitrogens is 3. The molecule has 0 bridgehead atoms. The number of H-pyrrole nitrogens is 1.